The lowest BCUT2D eigenvalue weighted by molar-refractivity contribution is -0.310. The van der Waals surface area contributed by atoms with Crippen LogP contribution in [-0.4, -0.2) is 172 Å². The number of nitrogens with zero attached hydrogens (tertiary/aromatic N) is 1. The summed E-state index contributed by atoms with van der Waals surface area (Å²) in [6, 6.07) is -3.93. The molecule has 2 heterocycles. The topological polar surface area (TPSA) is 307 Å². The lowest BCUT2D eigenvalue weighted by atomic mass is 9.83. The third-order valence-electron chi connectivity index (χ3n) is 8.67. The van der Waals surface area contributed by atoms with Gasteiger partial charge in [-0.15, -0.1) is 0 Å². The smallest absolute Gasteiger partial charge is 0.410 e. The quantitative estimate of drug-likeness (QED) is 0.0807. The van der Waals surface area contributed by atoms with Crippen LogP contribution in [0.2, 0.25) is 0 Å². The van der Waals surface area contributed by atoms with E-state index < -0.39 is 110 Å². The van der Waals surface area contributed by atoms with Crippen LogP contribution in [0.4, 0.5) is 4.79 Å². The predicted molar refractivity (Wildman–Crippen MR) is 176 cm³/mol. The number of nitrogens with two attached hydrogens (primary N) is 3. The number of aliphatic hydroxyl groups excluding tert-OH is 5. The van der Waals surface area contributed by atoms with Crippen LogP contribution in [0.5, 0.6) is 0 Å². The molecule has 2 aliphatic heterocycles. The summed E-state index contributed by atoms with van der Waals surface area (Å²) in [6.45, 7) is 5.88. The molecule has 3 rings (SSSR count). The van der Waals surface area contributed by atoms with Gasteiger partial charge in [0.2, 0.25) is 12.2 Å². The van der Waals surface area contributed by atoms with Crippen LogP contribution >= 0.6 is 0 Å². The first kappa shape index (κ1) is 42.2. The van der Waals surface area contributed by atoms with E-state index in [-0.39, 0.29) is 32.5 Å². The average Bonchev–Trinajstić information content (AvgIpc) is 3.02. The van der Waals surface area contributed by atoms with Gasteiger partial charge < -0.3 is 87.1 Å². The predicted octanol–water partition coefficient (Wildman–Crippen LogP) is -4.35. The molecular formula is C31H58N6O13. The molecular weight excluding hydrogens is 664 g/mol. The maximum absolute atomic E-state index is 12.9. The zero-order valence-electron chi connectivity index (χ0n) is 29.4. The molecule has 14 N–H and O–H groups in total. The van der Waals surface area contributed by atoms with Gasteiger partial charge in [-0.1, -0.05) is 0 Å². The molecule has 0 spiro atoms. The number of ether oxygens (including phenoxy) is 5. The van der Waals surface area contributed by atoms with Crippen LogP contribution in [0.15, 0.2) is 11.8 Å². The minimum Gasteiger partial charge on any atom is -0.467 e. The number of hydrogen-bond donors (Lipinski definition) is 11. The summed E-state index contributed by atoms with van der Waals surface area (Å²) in [4.78, 5) is 26.9. The highest BCUT2D eigenvalue weighted by atomic mass is 16.7. The molecule has 0 bridgehead atoms. The van der Waals surface area contributed by atoms with Gasteiger partial charge in [-0.2, -0.15) is 0 Å². The normalized spacial score (nSPS) is 36.1. The number of nitrogens with one attached hydrogen (secondary N) is 2. The Morgan fingerprint density at radius 3 is 2.40 bits per heavy atom. The molecule has 1 saturated carbocycles. The van der Waals surface area contributed by atoms with Crippen molar-refractivity contribution >= 4 is 12.0 Å². The summed E-state index contributed by atoms with van der Waals surface area (Å²) in [5, 5.41) is 68.9. The Hall–Kier alpha value is -2.24. The number of amides is 2. The minimum absolute atomic E-state index is 0.0292. The van der Waals surface area contributed by atoms with Crippen molar-refractivity contribution in [2.24, 2.45) is 17.2 Å². The van der Waals surface area contributed by atoms with E-state index in [0.29, 0.717) is 12.2 Å². The number of carbonyl (C=O) groups is 2. The molecule has 0 aromatic rings. The van der Waals surface area contributed by atoms with Crippen molar-refractivity contribution in [2.75, 3.05) is 39.9 Å². The summed E-state index contributed by atoms with van der Waals surface area (Å²) < 4.78 is 29.4. The lowest BCUT2D eigenvalue weighted by Gasteiger charge is -2.50. The Morgan fingerprint density at radius 1 is 1.12 bits per heavy atom. The van der Waals surface area contributed by atoms with Gasteiger partial charge in [-0.25, -0.2) is 4.79 Å². The monoisotopic (exact) mass is 722 g/mol. The molecule has 2 fully saturated rings. The molecule has 0 aromatic carbocycles. The summed E-state index contributed by atoms with van der Waals surface area (Å²) in [7, 11) is 1.35. The number of rotatable bonds is 14. The van der Waals surface area contributed by atoms with Crippen molar-refractivity contribution < 1.29 is 63.9 Å². The molecule has 19 nitrogen and oxygen atoms in total. The van der Waals surface area contributed by atoms with Gasteiger partial charge in [0.25, 0.3) is 0 Å². The van der Waals surface area contributed by atoms with Crippen molar-refractivity contribution in [2.45, 2.75) is 132 Å². The van der Waals surface area contributed by atoms with Gasteiger partial charge in [0, 0.05) is 19.6 Å². The van der Waals surface area contributed by atoms with Crippen molar-refractivity contribution in [3.05, 3.63) is 11.8 Å². The van der Waals surface area contributed by atoms with Crippen molar-refractivity contribution in [1.29, 1.82) is 0 Å². The maximum Gasteiger partial charge on any atom is 0.410 e. The van der Waals surface area contributed by atoms with Gasteiger partial charge >= 0.3 is 6.09 Å². The fraction of sp³-hybridized carbons (Fsp3) is 0.871. The van der Waals surface area contributed by atoms with Gasteiger partial charge in [0.1, 0.15) is 47.5 Å². The van der Waals surface area contributed by atoms with E-state index in [1.807, 2.05) is 0 Å². The summed E-state index contributed by atoms with van der Waals surface area (Å²) >= 11 is 0. The number of likely N-dealkylation sites (N-methyl/N-ethyl adjacent to an activating group) is 1. The van der Waals surface area contributed by atoms with Gasteiger partial charge in [0.05, 0.1) is 44.0 Å². The fourth-order valence-corrected chi connectivity index (χ4v) is 6.11. The van der Waals surface area contributed by atoms with E-state index in [2.05, 4.69) is 10.6 Å². The maximum atomic E-state index is 12.9. The molecule has 0 aromatic heterocycles. The lowest BCUT2D eigenvalue weighted by Crippen LogP contribution is -2.70. The van der Waals surface area contributed by atoms with Crippen molar-refractivity contribution in [1.82, 2.24) is 15.5 Å². The third kappa shape index (κ3) is 11.1. The Labute approximate surface area is 292 Å². The molecule has 1 saturated heterocycles. The minimum atomic E-state index is -1.76. The Bertz CT molecular complexity index is 1140. The summed E-state index contributed by atoms with van der Waals surface area (Å²) in [6.07, 6.45) is -9.72. The first-order valence-corrected chi connectivity index (χ1v) is 16.8. The van der Waals surface area contributed by atoms with E-state index in [0.717, 1.165) is 4.90 Å². The molecule has 0 radical (unpaired) electrons. The van der Waals surface area contributed by atoms with E-state index in [1.54, 1.807) is 26.8 Å². The van der Waals surface area contributed by atoms with Crippen LogP contribution in [0.1, 0.15) is 47.0 Å². The van der Waals surface area contributed by atoms with Crippen LogP contribution in [0.25, 0.3) is 0 Å². The molecule has 290 valence electrons. The largest absolute Gasteiger partial charge is 0.467 e. The van der Waals surface area contributed by atoms with Crippen molar-refractivity contribution in [3.63, 3.8) is 0 Å². The van der Waals surface area contributed by atoms with Crippen molar-refractivity contribution in [3.8, 4) is 0 Å². The van der Waals surface area contributed by atoms with E-state index in [4.69, 9.17) is 46.0 Å². The Morgan fingerprint density at radius 2 is 1.78 bits per heavy atom. The molecule has 50 heavy (non-hydrogen) atoms. The molecule has 1 aliphatic carbocycles. The first-order valence-electron chi connectivity index (χ1n) is 16.8. The van der Waals surface area contributed by atoms with E-state index in [1.165, 1.54) is 14.0 Å². The number of hydrogen-bond acceptors (Lipinski definition) is 17. The molecule has 2 amide bonds. The second-order valence-corrected chi connectivity index (χ2v) is 14.4. The molecule has 19 heteroatoms. The molecule has 13 atom stereocenters. The van der Waals surface area contributed by atoms with Gasteiger partial charge in [-0.3, -0.25) is 4.79 Å². The zero-order chi connectivity index (χ0) is 37.6. The molecule has 3 aliphatic rings. The van der Waals surface area contributed by atoms with Gasteiger partial charge in [0.15, 0.2) is 6.29 Å². The van der Waals surface area contributed by atoms with E-state index in [9.17, 15) is 35.1 Å². The Balaban J connectivity index is 1.84. The van der Waals surface area contributed by atoms with Crippen LogP contribution in [-0.2, 0) is 28.5 Å². The second kappa shape index (κ2) is 18.0. The zero-order valence-corrected chi connectivity index (χ0v) is 29.4. The third-order valence-corrected chi connectivity index (χ3v) is 8.67. The summed E-state index contributed by atoms with van der Waals surface area (Å²) in [5.74, 6) is -0.354. The van der Waals surface area contributed by atoms with Crippen LogP contribution < -0.4 is 27.8 Å². The standard InChI is InChI=1S/C31H58N6O13/c1-30(2,3)50-29(44)37(5)25-22(42)28(46-14-31(25,4)45)49-24-19(36-26(43)20(40)8-9-32)10-18(34)23(21(24)41)48-27-17(33)7-6-16(47-27)12-35-11-15(39)13-38/h6,15,17-25,27-28,35,38-42,45H,7-14,32-34H2,1-5H3,(H,36,43)/t15?,17-,18+,19-,20-,21+,22-,23-,24+,25-,27-,28-,31+/m1/s1. The van der Waals surface area contributed by atoms with Gasteiger partial charge in [-0.05, 0) is 59.6 Å². The van der Waals surface area contributed by atoms with Crippen LogP contribution in [0, 0.1) is 0 Å². The Kier molecular flexibility index (Phi) is 15.2. The highest BCUT2D eigenvalue weighted by Gasteiger charge is 2.54. The SMILES string of the molecule is CN(C(=O)OC(C)(C)C)[C@@H]1[C@@H](O)[C@@H](O[C@@H]2[C@@H](O)[C@H](O[C@H]3OC(CNCC(O)CO)=CC[C@H]3N)[C@@H](N)C[C@H]2NC(=O)[C@H](O)CCN)OC[C@]1(C)O. The highest BCUT2D eigenvalue weighted by Crippen LogP contribution is 2.34. The first-order chi connectivity index (χ1) is 23.3. The number of carbonyl (C=O) groups excluding carboxylic acids is 2. The van der Waals surface area contributed by atoms with Crippen LogP contribution in [0.3, 0.4) is 0 Å². The summed E-state index contributed by atoms with van der Waals surface area (Å²) in [5.41, 5.74) is 15.6. The number of aliphatic hydroxyl groups is 6. The molecule has 1 unspecified atom stereocenters. The second-order valence-electron chi connectivity index (χ2n) is 14.4. The average molecular weight is 723 g/mol. The highest BCUT2D eigenvalue weighted by molar-refractivity contribution is 5.80. The van der Waals surface area contributed by atoms with E-state index >= 15 is 0 Å². The fourth-order valence-electron chi connectivity index (χ4n) is 6.11.